The average molecular weight is 417 g/mol. The van der Waals surface area contributed by atoms with Crippen molar-refractivity contribution in [2.45, 2.75) is 25.5 Å². The fourth-order valence-electron chi connectivity index (χ4n) is 2.42. The van der Waals surface area contributed by atoms with Gasteiger partial charge in [0.2, 0.25) is 11.8 Å². The Morgan fingerprint density at radius 3 is 2.79 bits per heavy atom. The van der Waals surface area contributed by atoms with Crippen molar-refractivity contribution in [2.75, 3.05) is 11.9 Å². The maximum atomic E-state index is 12.6. The average Bonchev–Trinajstić information content (AvgIpc) is 3.22. The number of anilines is 1. The molecule has 2 heterocycles. The summed E-state index contributed by atoms with van der Waals surface area (Å²) in [5.74, 6) is 0.226. The molecule has 1 saturated heterocycles. The fourth-order valence-corrected chi connectivity index (χ4v) is 4.02. The van der Waals surface area contributed by atoms with Crippen LogP contribution in [-0.2, 0) is 9.59 Å². The van der Waals surface area contributed by atoms with Gasteiger partial charge in [0.1, 0.15) is 11.0 Å². The van der Waals surface area contributed by atoms with Gasteiger partial charge in [-0.05, 0) is 49.6 Å². The zero-order chi connectivity index (χ0) is 19.9. The summed E-state index contributed by atoms with van der Waals surface area (Å²) in [6.45, 7) is 4.34. The van der Waals surface area contributed by atoms with E-state index in [4.69, 9.17) is 4.74 Å². The maximum Gasteiger partial charge on any atom is 0.238 e. The van der Waals surface area contributed by atoms with Gasteiger partial charge in [-0.25, -0.2) is 0 Å². The van der Waals surface area contributed by atoms with Crippen LogP contribution in [0.5, 0.6) is 5.75 Å². The van der Waals surface area contributed by atoms with E-state index in [2.05, 4.69) is 20.8 Å². The standard InChI is InChI=1S/C19H20N4O3S2/c1-3-26-14-8-6-13(7-9-14)20-18(25)16-11-17(24)21-19(28-16)23-22-12(2)15-5-4-10-27-15/h4-10,16H,3,11H2,1-2H3,(H,20,25)(H,21,23,24)/b22-12-/t16-/m0/s1. The summed E-state index contributed by atoms with van der Waals surface area (Å²) in [7, 11) is 0. The second kappa shape index (κ2) is 9.52. The van der Waals surface area contributed by atoms with Crippen molar-refractivity contribution in [3.05, 3.63) is 46.7 Å². The van der Waals surface area contributed by atoms with Gasteiger partial charge in [-0.15, -0.1) is 16.4 Å². The molecule has 0 spiro atoms. The summed E-state index contributed by atoms with van der Waals surface area (Å²) in [6.07, 6.45) is 0.0835. The molecule has 0 unspecified atom stereocenters. The zero-order valence-corrected chi connectivity index (χ0v) is 17.1. The lowest BCUT2D eigenvalue weighted by Crippen LogP contribution is -2.41. The van der Waals surface area contributed by atoms with Crippen molar-refractivity contribution >= 4 is 51.5 Å². The van der Waals surface area contributed by atoms with Gasteiger partial charge in [0, 0.05) is 12.1 Å². The van der Waals surface area contributed by atoms with E-state index >= 15 is 0 Å². The zero-order valence-electron chi connectivity index (χ0n) is 15.5. The Morgan fingerprint density at radius 2 is 2.11 bits per heavy atom. The van der Waals surface area contributed by atoms with Crippen LogP contribution in [0.15, 0.2) is 52.0 Å². The molecule has 2 N–H and O–H groups in total. The number of amidine groups is 1. The SMILES string of the molecule is CCOc1ccc(NC(=O)[C@@H]2CC(=O)N/C(=N\N=C(\C)c3cccs3)S2)cc1. The topological polar surface area (TPSA) is 92.1 Å². The van der Waals surface area contributed by atoms with E-state index in [1.165, 1.54) is 11.8 Å². The first kappa shape index (κ1) is 20.1. The van der Waals surface area contributed by atoms with E-state index in [0.717, 1.165) is 16.3 Å². The number of thioether (sulfide) groups is 1. The second-order valence-electron chi connectivity index (χ2n) is 5.87. The van der Waals surface area contributed by atoms with Gasteiger partial charge in [-0.1, -0.05) is 17.8 Å². The number of ether oxygens (including phenoxy) is 1. The summed E-state index contributed by atoms with van der Waals surface area (Å²) >= 11 is 2.75. The molecule has 0 radical (unpaired) electrons. The van der Waals surface area contributed by atoms with Gasteiger partial charge >= 0.3 is 0 Å². The minimum atomic E-state index is -0.573. The molecule has 1 fully saturated rings. The smallest absolute Gasteiger partial charge is 0.238 e. The highest BCUT2D eigenvalue weighted by molar-refractivity contribution is 8.15. The molecule has 7 nitrogen and oxygen atoms in total. The second-order valence-corrected chi connectivity index (χ2v) is 8.01. The van der Waals surface area contributed by atoms with Crippen molar-refractivity contribution in [2.24, 2.45) is 10.2 Å². The van der Waals surface area contributed by atoms with E-state index in [-0.39, 0.29) is 18.2 Å². The number of hydrogen-bond donors (Lipinski definition) is 2. The lowest BCUT2D eigenvalue weighted by atomic mass is 10.2. The summed E-state index contributed by atoms with van der Waals surface area (Å²) in [5, 5.41) is 15.5. The van der Waals surface area contributed by atoms with E-state index < -0.39 is 5.25 Å². The maximum absolute atomic E-state index is 12.6. The van der Waals surface area contributed by atoms with Crippen molar-refractivity contribution < 1.29 is 14.3 Å². The van der Waals surface area contributed by atoms with Gasteiger partial charge in [0.25, 0.3) is 0 Å². The molecule has 146 valence electrons. The van der Waals surface area contributed by atoms with Crippen molar-refractivity contribution in [1.82, 2.24) is 5.32 Å². The normalized spacial score (nSPS) is 18.6. The van der Waals surface area contributed by atoms with E-state index in [9.17, 15) is 9.59 Å². The Labute approximate surface area is 171 Å². The van der Waals surface area contributed by atoms with E-state index in [1.807, 2.05) is 31.4 Å². The molecule has 1 aromatic heterocycles. The molecule has 1 atom stereocenters. The fraction of sp³-hybridized carbons (Fsp3) is 0.263. The number of amides is 2. The van der Waals surface area contributed by atoms with Crippen molar-refractivity contribution in [3.8, 4) is 5.75 Å². The molecular formula is C19H20N4O3S2. The van der Waals surface area contributed by atoms with Crippen LogP contribution in [0.3, 0.4) is 0 Å². The van der Waals surface area contributed by atoms with Crippen LogP contribution in [0.1, 0.15) is 25.1 Å². The minimum Gasteiger partial charge on any atom is -0.494 e. The Balaban J connectivity index is 1.64. The lowest BCUT2D eigenvalue weighted by molar-refractivity contribution is -0.123. The highest BCUT2D eigenvalue weighted by atomic mass is 32.2. The number of carbonyl (C=O) groups is 2. The largest absolute Gasteiger partial charge is 0.494 e. The first-order valence-corrected chi connectivity index (χ1v) is 10.5. The summed E-state index contributed by atoms with van der Waals surface area (Å²) in [5.41, 5.74) is 1.39. The molecule has 1 aromatic carbocycles. The van der Waals surface area contributed by atoms with E-state index in [0.29, 0.717) is 17.5 Å². The molecule has 0 aliphatic carbocycles. The summed E-state index contributed by atoms with van der Waals surface area (Å²) < 4.78 is 5.39. The van der Waals surface area contributed by atoms with Crippen LogP contribution in [-0.4, -0.2) is 34.6 Å². The van der Waals surface area contributed by atoms with Crippen LogP contribution < -0.4 is 15.4 Å². The number of rotatable bonds is 6. The van der Waals surface area contributed by atoms with Gasteiger partial charge in [-0.2, -0.15) is 5.10 Å². The van der Waals surface area contributed by atoms with Crippen LogP contribution in [0.25, 0.3) is 0 Å². The number of hydrogen-bond acceptors (Lipinski definition) is 7. The molecule has 1 aliphatic heterocycles. The molecular weight excluding hydrogens is 396 g/mol. The molecule has 1 aliphatic rings. The lowest BCUT2D eigenvalue weighted by Gasteiger charge is -2.21. The molecule has 0 saturated carbocycles. The predicted molar refractivity (Wildman–Crippen MR) is 114 cm³/mol. The number of thiophene rings is 1. The van der Waals surface area contributed by atoms with Crippen LogP contribution >= 0.6 is 23.1 Å². The van der Waals surface area contributed by atoms with Crippen molar-refractivity contribution in [3.63, 3.8) is 0 Å². The third-order valence-corrected chi connectivity index (χ3v) is 5.82. The summed E-state index contributed by atoms with van der Waals surface area (Å²) in [6, 6.07) is 11.0. The molecule has 2 aromatic rings. The van der Waals surface area contributed by atoms with E-state index in [1.54, 1.807) is 35.6 Å². The van der Waals surface area contributed by atoms with Crippen LogP contribution in [0.2, 0.25) is 0 Å². The molecule has 0 bridgehead atoms. The number of nitrogens with one attached hydrogen (secondary N) is 2. The van der Waals surface area contributed by atoms with Crippen LogP contribution in [0.4, 0.5) is 5.69 Å². The summed E-state index contributed by atoms with van der Waals surface area (Å²) in [4.78, 5) is 25.5. The van der Waals surface area contributed by atoms with Crippen molar-refractivity contribution in [1.29, 1.82) is 0 Å². The third kappa shape index (κ3) is 5.43. The highest BCUT2D eigenvalue weighted by Crippen LogP contribution is 2.23. The minimum absolute atomic E-state index is 0.0835. The molecule has 9 heteroatoms. The van der Waals surface area contributed by atoms with Gasteiger partial charge in [0.05, 0.1) is 17.2 Å². The predicted octanol–water partition coefficient (Wildman–Crippen LogP) is 3.49. The Kier molecular flexibility index (Phi) is 6.83. The van der Waals surface area contributed by atoms with Gasteiger partial charge in [-0.3, -0.25) is 9.59 Å². The quantitative estimate of drug-likeness (QED) is 0.557. The number of carbonyl (C=O) groups excluding carboxylic acids is 2. The Bertz CT molecular complexity index is 892. The Hall–Kier alpha value is -2.65. The highest BCUT2D eigenvalue weighted by Gasteiger charge is 2.30. The van der Waals surface area contributed by atoms with Gasteiger partial charge in [0.15, 0.2) is 5.17 Å². The van der Waals surface area contributed by atoms with Gasteiger partial charge < -0.3 is 15.4 Å². The molecule has 2 amide bonds. The Morgan fingerprint density at radius 1 is 1.32 bits per heavy atom. The third-order valence-electron chi connectivity index (χ3n) is 3.76. The first-order valence-electron chi connectivity index (χ1n) is 8.71. The molecule has 3 rings (SSSR count). The number of nitrogens with zero attached hydrogens (tertiary/aromatic N) is 2. The first-order chi connectivity index (χ1) is 13.5. The van der Waals surface area contributed by atoms with Crippen LogP contribution in [0, 0.1) is 0 Å². The molecule has 28 heavy (non-hydrogen) atoms. The number of benzene rings is 1. The monoisotopic (exact) mass is 416 g/mol.